The molecule has 0 heterocycles. The van der Waals surface area contributed by atoms with Gasteiger partial charge in [0.05, 0.1) is 6.61 Å². The van der Waals surface area contributed by atoms with Gasteiger partial charge in [-0.25, -0.2) is 9.18 Å². The molecule has 90 valence electrons. The van der Waals surface area contributed by atoms with E-state index in [0.29, 0.717) is 0 Å². The number of ether oxygens (including phenoxy) is 1. The van der Waals surface area contributed by atoms with Gasteiger partial charge in [-0.05, 0) is 22.9 Å². The average Bonchev–Trinajstić information content (AvgIpc) is 2.02. The Labute approximate surface area is 88.7 Å². The number of halogens is 7. The number of carbonyl (C=O) groups is 1. The lowest BCUT2D eigenvalue weighted by Crippen LogP contribution is -2.55. The van der Waals surface area contributed by atoms with E-state index in [2.05, 4.69) is 4.74 Å². The highest BCUT2D eigenvalue weighted by Crippen LogP contribution is 2.49. The highest BCUT2D eigenvalue weighted by molar-refractivity contribution is 9.10. The lowest BCUT2D eigenvalue weighted by atomic mass is 10.2. The molecule has 0 saturated carbocycles. The zero-order valence-corrected chi connectivity index (χ0v) is 8.76. The van der Waals surface area contributed by atoms with Crippen molar-refractivity contribution < 1.29 is 35.9 Å². The number of alkyl halides is 7. The summed E-state index contributed by atoms with van der Waals surface area (Å²) in [6, 6.07) is 0. The van der Waals surface area contributed by atoms with E-state index in [4.69, 9.17) is 0 Å². The molecule has 15 heavy (non-hydrogen) atoms. The van der Waals surface area contributed by atoms with Gasteiger partial charge in [-0.1, -0.05) is 0 Å². The number of rotatable bonds is 3. The fourth-order valence-corrected chi connectivity index (χ4v) is 0.867. The monoisotopic (exact) mass is 302 g/mol. The van der Waals surface area contributed by atoms with Gasteiger partial charge in [0.15, 0.2) is 0 Å². The van der Waals surface area contributed by atoms with Crippen molar-refractivity contribution in [1.82, 2.24) is 0 Å². The quantitative estimate of drug-likeness (QED) is 0.455. The van der Waals surface area contributed by atoms with E-state index in [1.165, 1.54) is 15.9 Å². The van der Waals surface area contributed by atoms with Crippen molar-refractivity contribution in [3.05, 3.63) is 0 Å². The van der Waals surface area contributed by atoms with Crippen LogP contribution in [-0.2, 0) is 9.53 Å². The predicted molar refractivity (Wildman–Crippen MR) is 40.4 cm³/mol. The van der Waals surface area contributed by atoms with Gasteiger partial charge in [-0.3, -0.25) is 0 Å². The largest absolute Gasteiger partial charge is 0.463 e. The molecule has 1 unspecified atom stereocenters. The SMILES string of the molecule is CCOC(=O)C(F)(Br)C(F)(F)C(F)(F)F. The van der Waals surface area contributed by atoms with Crippen LogP contribution in [0.15, 0.2) is 0 Å². The first kappa shape index (κ1) is 14.5. The number of esters is 1. The van der Waals surface area contributed by atoms with Crippen LogP contribution in [0, 0.1) is 0 Å². The van der Waals surface area contributed by atoms with Crippen LogP contribution < -0.4 is 0 Å². The molecule has 0 aromatic carbocycles. The first-order valence-corrected chi connectivity index (χ1v) is 4.27. The van der Waals surface area contributed by atoms with Gasteiger partial charge in [0, 0.05) is 0 Å². The molecule has 0 rings (SSSR count). The predicted octanol–water partition coefficient (Wildman–Crippen LogP) is 2.81. The molecule has 0 aromatic heterocycles. The second kappa shape index (κ2) is 4.18. The minimum Gasteiger partial charge on any atom is -0.463 e. The van der Waals surface area contributed by atoms with Crippen LogP contribution in [0.5, 0.6) is 0 Å². The highest BCUT2D eigenvalue weighted by Gasteiger charge is 2.74. The van der Waals surface area contributed by atoms with Crippen LogP contribution >= 0.6 is 15.9 Å². The summed E-state index contributed by atoms with van der Waals surface area (Å²) in [7, 11) is 0. The molecule has 2 nitrogen and oxygen atoms in total. The van der Waals surface area contributed by atoms with Crippen molar-refractivity contribution in [2.75, 3.05) is 6.61 Å². The van der Waals surface area contributed by atoms with E-state index >= 15 is 0 Å². The maximum atomic E-state index is 12.9. The Balaban J connectivity index is 5.10. The Morgan fingerprint density at radius 3 is 1.87 bits per heavy atom. The maximum absolute atomic E-state index is 12.9. The molecule has 0 radical (unpaired) electrons. The van der Waals surface area contributed by atoms with E-state index in [1.807, 2.05) is 0 Å². The molecule has 0 N–H and O–H groups in total. The molecule has 0 fully saturated rings. The Morgan fingerprint density at radius 1 is 1.20 bits per heavy atom. The van der Waals surface area contributed by atoms with E-state index in [-0.39, 0.29) is 0 Å². The summed E-state index contributed by atoms with van der Waals surface area (Å²) in [6.45, 7) is 0.608. The summed E-state index contributed by atoms with van der Waals surface area (Å²) in [5.41, 5.74) is 0. The van der Waals surface area contributed by atoms with Gasteiger partial charge in [0.25, 0.3) is 0 Å². The molecular formula is C6H5BrF6O2. The van der Waals surface area contributed by atoms with Gasteiger partial charge < -0.3 is 4.74 Å². The van der Waals surface area contributed by atoms with Gasteiger partial charge in [-0.15, -0.1) is 0 Å². The summed E-state index contributed by atoms with van der Waals surface area (Å²) >= 11 is 1.39. The van der Waals surface area contributed by atoms with Crippen LogP contribution in [0.4, 0.5) is 26.3 Å². The summed E-state index contributed by atoms with van der Waals surface area (Å²) in [5.74, 6) is -8.20. The van der Waals surface area contributed by atoms with Crippen LogP contribution in [0.25, 0.3) is 0 Å². The molecule has 0 aromatic rings. The molecule has 9 heteroatoms. The molecule has 0 aliphatic carbocycles. The van der Waals surface area contributed by atoms with Crippen LogP contribution in [0.2, 0.25) is 0 Å². The number of hydrogen-bond acceptors (Lipinski definition) is 2. The Kier molecular flexibility index (Phi) is 4.05. The Morgan fingerprint density at radius 2 is 1.60 bits per heavy atom. The molecule has 1 atom stereocenters. The standard InChI is InChI=1S/C6H5BrF6O2/c1-2-15-3(14)4(7,8)5(9,10)6(11,12)13/h2H2,1H3. The molecule has 0 aliphatic heterocycles. The molecular weight excluding hydrogens is 298 g/mol. The fraction of sp³-hybridized carbons (Fsp3) is 0.833. The van der Waals surface area contributed by atoms with Gasteiger partial charge in [-0.2, -0.15) is 22.0 Å². The second-order valence-electron chi connectivity index (χ2n) is 2.37. The summed E-state index contributed by atoms with van der Waals surface area (Å²) in [5, 5.41) is 0. The third kappa shape index (κ3) is 2.56. The average molecular weight is 303 g/mol. The Hall–Kier alpha value is -0.470. The van der Waals surface area contributed by atoms with Crippen molar-refractivity contribution in [2.45, 2.75) is 23.6 Å². The molecule has 0 saturated heterocycles. The minimum absolute atomic E-state index is 0.524. The van der Waals surface area contributed by atoms with Gasteiger partial charge >= 0.3 is 22.6 Å². The minimum atomic E-state index is -6.20. The van der Waals surface area contributed by atoms with Crippen LogP contribution in [0.3, 0.4) is 0 Å². The summed E-state index contributed by atoms with van der Waals surface area (Å²) < 4.78 is 72.0. The van der Waals surface area contributed by atoms with Crippen molar-refractivity contribution >= 4 is 21.9 Å². The second-order valence-corrected chi connectivity index (χ2v) is 3.46. The van der Waals surface area contributed by atoms with Crippen molar-refractivity contribution in [2.24, 2.45) is 0 Å². The molecule has 0 aliphatic rings. The van der Waals surface area contributed by atoms with E-state index in [9.17, 15) is 31.1 Å². The zero-order chi connectivity index (χ0) is 12.5. The van der Waals surface area contributed by atoms with E-state index < -0.39 is 29.3 Å². The topological polar surface area (TPSA) is 26.3 Å². The van der Waals surface area contributed by atoms with Crippen molar-refractivity contribution in [3.63, 3.8) is 0 Å². The van der Waals surface area contributed by atoms with Gasteiger partial charge in [0.2, 0.25) is 0 Å². The van der Waals surface area contributed by atoms with Crippen LogP contribution in [0.1, 0.15) is 6.92 Å². The lowest BCUT2D eigenvalue weighted by molar-refractivity contribution is -0.307. The first-order chi connectivity index (χ1) is 6.48. The van der Waals surface area contributed by atoms with Crippen LogP contribution in [-0.4, -0.2) is 29.3 Å². The van der Waals surface area contributed by atoms with Crippen molar-refractivity contribution in [3.8, 4) is 0 Å². The normalized spacial score (nSPS) is 17.1. The highest BCUT2D eigenvalue weighted by atomic mass is 79.9. The summed E-state index contributed by atoms with van der Waals surface area (Å²) in [6.07, 6.45) is -6.20. The maximum Gasteiger partial charge on any atom is 0.458 e. The Bertz CT molecular complexity index is 248. The number of hydrogen-bond donors (Lipinski definition) is 0. The smallest absolute Gasteiger partial charge is 0.458 e. The van der Waals surface area contributed by atoms with E-state index in [0.717, 1.165) is 6.92 Å². The lowest BCUT2D eigenvalue weighted by Gasteiger charge is -2.27. The molecule has 0 amide bonds. The third-order valence-corrected chi connectivity index (χ3v) is 2.10. The summed E-state index contributed by atoms with van der Waals surface area (Å²) in [4.78, 5) is 10.5. The molecule has 0 bridgehead atoms. The molecule has 0 spiro atoms. The fourth-order valence-electron chi connectivity index (χ4n) is 0.528. The third-order valence-electron chi connectivity index (χ3n) is 1.28. The first-order valence-electron chi connectivity index (χ1n) is 3.48. The zero-order valence-electron chi connectivity index (χ0n) is 7.17. The van der Waals surface area contributed by atoms with E-state index in [1.54, 1.807) is 0 Å². The van der Waals surface area contributed by atoms with Gasteiger partial charge in [0.1, 0.15) is 0 Å². The number of carbonyl (C=O) groups excluding carboxylic acids is 1. The van der Waals surface area contributed by atoms with Crippen molar-refractivity contribution in [1.29, 1.82) is 0 Å².